The van der Waals surface area contributed by atoms with E-state index in [2.05, 4.69) is 10.3 Å². The number of carbonyl (C=O) groups excluding carboxylic acids is 1. The van der Waals surface area contributed by atoms with E-state index >= 15 is 0 Å². The number of nitrogens with one attached hydrogen (secondary N) is 1. The number of sulfonamides is 1. The number of carbonyl (C=O) groups is 1. The molecule has 11 heteroatoms. The zero-order chi connectivity index (χ0) is 22.6. The molecule has 3 rings (SSSR count). The van der Waals surface area contributed by atoms with Crippen molar-refractivity contribution in [1.82, 2.24) is 4.98 Å². The predicted octanol–water partition coefficient (Wildman–Crippen LogP) is 3.72. The van der Waals surface area contributed by atoms with E-state index in [1.807, 2.05) is 0 Å². The summed E-state index contributed by atoms with van der Waals surface area (Å²) < 4.78 is 67.8. The van der Waals surface area contributed by atoms with Crippen LogP contribution in [0.15, 0.2) is 71.8 Å². The molecule has 0 spiro atoms. The predicted molar refractivity (Wildman–Crippen MR) is 106 cm³/mol. The first-order chi connectivity index (χ1) is 14.5. The van der Waals surface area contributed by atoms with Crippen LogP contribution in [0.5, 0.6) is 11.6 Å². The summed E-state index contributed by atoms with van der Waals surface area (Å²) in [5.74, 6) is -1.24. The standard InChI is InChI=1S/C20H16F3N3O4S/c21-20(22,23)14-7-4-8-16(10-14)30-19-17(31(24,28)29)11-15(12-25-19)26-18(27)9-13-5-2-1-3-6-13/h1-8,10-12H,9H2,(H,26,27)(H2,24,28,29). The van der Waals surface area contributed by atoms with Gasteiger partial charge in [0.15, 0.2) is 0 Å². The van der Waals surface area contributed by atoms with Crippen molar-refractivity contribution in [2.45, 2.75) is 17.5 Å². The number of hydrogen-bond acceptors (Lipinski definition) is 5. The van der Waals surface area contributed by atoms with Crippen LogP contribution in [0, 0.1) is 0 Å². The highest BCUT2D eigenvalue weighted by Gasteiger charge is 2.31. The fourth-order valence-corrected chi connectivity index (χ4v) is 3.24. The van der Waals surface area contributed by atoms with E-state index in [9.17, 15) is 26.4 Å². The summed E-state index contributed by atoms with van der Waals surface area (Å²) in [7, 11) is -4.37. The fourth-order valence-electron chi connectivity index (χ4n) is 2.61. The highest BCUT2D eigenvalue weighted by Crippen LogP contribution is 2.34. The summed E-state index contributed by atoms with van der Waals surface area (Å²) in [5.41, 5.74) is -0.211. The number of benzene rings is 2. The normalized spacial score (nSPS) is 11.7. The van der Waals surface area contributed by atoms with Crippen molar-refractivity contribution in [2.75, 3.05) is 5.32 Å². The van der Waals surface area contributed by atoms with Gasteiger partial charge in [-0.15, -0.1) is 0 Å². The molecular formula is C20H16F3N3O4S. The van der Waals surface area contributed by atoms with Gasteiger partial charge in [0.1, 0.15) is 10.6 Å². The molecule has 1 heterocycles. The number of rotatable bonds is 6. The van der Waals surface area contributed by atoms with Crippen LogP contribution in [-0.4, -0.2) is 19.3 Å². The Bertz CT molecular complexity index is 1200. The molecule has 0 aliphatic heterocycles. The van der Waals surface area contributed by atoms with Crippen molar-refractivity contribution in [3.63, 3.8) is 0 Å². The minimum absolute atomic E-state index is 0.0290. The van der Waals surface area contributed by atoms with Gasteiger partial charge < -0.3 is 10.1 Å². The second kappa shape index (κ2) is 8.74. The van der Waals surface area contributed by atoms with E-state index in [1.54, 1.807) is 30.3 Å². The number of anilines is 1. The average molecular weight is 451 g/mol. The first-order valence-electron chi connectivity index (χ1n) is 8.74. The summed E-state index contributed by atoms with van der Waals surface area (Å²) in [6.07, 6.45) is -3.46. The van der Waals surface area contributed by atoms with Gasteiger partial charge in [0.05, 0.1) is 23.9 Å². The summed E-state index contributed by atoms with van der Waals surface area (Å²) in [6.45, 7) is 0. The van der Waals surface area contributed by atoms with Crippen LogP contribution in [0.25, 0.3) is 0 Å². The SMILES string of the molecule is NS(=O)(=O)c1cc(NC(=O)Cc2ccccc2)cnc1Oc1cccc(C(F)(F)F)c1. The molecule has 7 nitrogen and oxygen atoms in total. The number of alkyl halides is 3. The van der Waals surface area contributed by atoms with Crippen molar-refractivity contribution in [2.24, 2.45) is 5.14 Å². The molecule has 3 aromatic rings. The van der Waals surface area contributed by atoms with Crippen molar-refractivity contribution in [1.29, 1.82) is 0 Å². The Morgan fingerprint density at radius 2 is 1.77 bits per heavy atom. The maximum absolute atomic E-state index is 12.9. The van der Waals surface area contributed by atoms with Crippen molar-refractivity contribution in [3.8, 4) is 11.6 Å². The minimum Gasteiger partial charge on any atom is -0.438 e. The van der Waals surface area contributed by atoms with Crippen LogP contribution in [0.2, 0.25) is 0 Å². The highest BCUT2D eigenvalue weighted by atomic mass is 32.2. The minimum atomic E-state index is -4.61. The third-order valence-corrected chi connectivity index (χ3v) is 4.90. The van der Waals surface area contributed by atoms with Crippen LogP contribution in [0.3, 0.4) is 0 Å². The molecule has 0 fully saturated rings. The van der Waals surface area contributed by atoms with E-state index < -0.39 is 38.4 Å². The van der Waals surface area contributed by atoms with Crippen LogP contribution >= 0.6 is 0 Å². The van der Waals surface area contributed by atoms with E-state index in [4.69, 9.17) is 9.88 Å². The van der Waals surface area contributed by atoms with Gasteiger partial charge >= 0.3 is 6.18 Å². The molecule has 0 saturated heterocycles. The molecule has 1 amide bonds. The van der Waals surface area contributed by atoms with Gasteiger partial charge in [0, 0.05) is 0 Å². The molecule has 0 aliphatic carbocycles. The Balaban J connectivity index is 1.85. The van der Waals surface area contributed by atoms with Crippen LogP contribution in [0.1, 0.15) is 11.1 Å². The molecule has 3 N–H and O–H groups in total. The smallest absolute Gasteiger partial charge is 0.416 e. The van der Waals surface area contributed by atoms with Crippen LogP contribution < -0.4 is 15.2 Å². The second-order valence-corrected chi connectivity index (χ2v) is 7.94. The molecular weight excluding hydrogens is 435 g/mol. The third kappa shape index (κ3) is 6.03. The maximum atomic E-state index is 12.9. The summed E-state index contributed by atoms with van der Waals surface area (Å²) in [6, 6.07) is 13.7. The first-order valence-corrected chi connectivity index (χ1v) is 10.3. The third-order valence-electron chi connectivity index (χ3n) is 3.99. The van der Waals surface area contributed by atoms with Crippen molar-refractivity contribution >= 4 is 21.6 Å². The van der Waals surface area contributed by atoms with Crippen molar-refractivity contribution < 1.29 is 31.1 Å². The highest BCUT2D eigenvalue weighted by molar-refractivity contribution is 7.89. The van der Waals surface area contributed by atoms with E-state index in [0.717, 1.165) is 30.0 Å². The Labute approximate surface area is 175 Å². The number of hydrogen-bond donors (Lipinski definition) is 2. The van der Waals surface area contributed by atoms with E-state index in [1.165, 1.54) is 6.07 Å². The summed E-state index contributed by atoms with van der Waals surface area (Å²) in [5, 5.41) is 7.69. The molecule has 0 radical (unpaired) electrons. The fraction of sp³-hybridized carbons (Fsp3) is 0.100. The van der Waals surface area contributed by atoms with Gasteiger partial charge in [-0.25, -0.2) is 18.5 Å². The number of pyridine rings is 1. The largest absolute Gasteiger partial charge is 0.438 e. The molecule has 1 aromatic heterocycles. The Morgan fingerprint density at radius 3 is 2.42 bits per heavy atom. The number of halogens is 3. The van der Waals surface area contributed by atoms with E-state index in [-0.39, 0.29) is 17.9 Å². The first kappa shape index (κ1) is 22.2. The number of aromatic nitrogens is 1. The average Bonchev–Trinajstić information content (AvgIpc) is 2.68. The monoisotopic (exact) mass is 451 g/mol. The number of nitrogens with two attached hydrogens (primary N) is 1. The van der Waals surface area contributed by atoms with Gasteiger partial charge in [-0.1, -0.05) is 36.4 Å². The molecule has 162 valence electrons. The lowest BCUT2D eigenvalue weighted by Gasteiger charge is -2.13. The molecule has 0 aliphatic rings. The van der Waals surface area contributed by atoms with Gasteiger partial charge in [-0.05, 0) is 29.8 Å². The number of amides is 1. The Hall–Kier alpha value is -3.44. The number of ether oxygens (including phenoxy) is 1. The van der Waals surface area contributed by atoms with Gasteiger partial charge in [0.2, 0.25) is 21.8 Å². The lowest BCUT2D eigenvalue weighted by Crippen LogP contribution is -2.17. The quantitative estimate of drug-likeness (QED) is 0.593. The number of primary sulfonamides is 1. The van der Waals surface area contributed by atoms with Crippen molar-refractivity contribution in [3.05, 3.63) is 78.0 Å². The van der Waals surface area contributed by atoms with Crippen LogP contribution in [-0.2, 0) is 27.4 Å². The molecule has 0 atom stereocenters. The Morgan fingerprint density at radius 1 is 1.06 bits per heavy atom. The number of nitrogens with zero attached hydrogens (tertiary/aromatic N) is 1. The van der Waals surface area contributed by atoms with Gasteiger partial charge in [-0.3, -0.25) is 4.79 Å². The zero-order valence-corrected chi connectivity index (χ0v) is 16.6. The topological polar surface area (TPSA) is 111 Å². The van der Waals surface area contributed by atoms with Gasteiger partial charge in [-0.2, -0.15) is 13.2 Å². The molecule has 0 unspecified atom stereocenters. The second-order valence-electron chi connectivity index (χ2n) is 6.41. The zero-order valence-electron chi connectivity index (χ0n) is 15.8. The molecule has 0 bridgehead atoms. The lowest BCUT2D eigenvalue weighted by molar-refractivity contribution is -0.137. The molecule has 31 heavy (non-hydrogen) atoms. The summed E-state index contributed by atoms with van der Waals surface area (Å²) >= 11 is 0. The van der Waals surface area contributed by atoms with E-state index in [0.29, 0.717) is 6.07 Å². The molecule has 0 saturated carbocycles. The van der Waals surface area contributed by atoms with Crippen LogP contribution in [0.4, 0.5) is 18.9 Å². The van der Waals surface area contributed by atoms with Gasteiger partial charge in [0.25, 0.3) is 0 Å². The Kier molecular flexibility index (Phi) is 6.27. The molecule has 2 aromatic carbocycles. The lowest BCUT2D eigenvalue weighted by atomic mass is 10.1. The summed E-state index contributed by atoms with van der Waals surface area (Å²) in [4.78, 5) is 15.4. The maximum Gasteiger partial charge on any atom is 0.416 e.